The lowest BCUT2D eigenvalue weighted by atomic mass is 9.97. The van der Waals surface area contributed by atoms with Crippen LogP contribution in [0.2, 0.25) is 0 Å². The lowest BCUT2D eigenvalue weighted by Gasteiger charge is -2.21. The standard InChI is InChI=1S/C10H12BrFO2/c1-10(2,13)6-4-5-7(12)8(11)9(6)14-3/h4-5,13H,1-3H3. The van der Waals surface area contributed by atoms with Crippen LogP contribution in [0.25, 0.3) is 0 Å². The van der Waals surface area contributed by atoms with Crippen LogP contribution in [0, 0.1) is 5.82 Å². The lowest BCUT2D eigenvalue weighted by Crippen LogP contribution is -2.17. The number of ether oxygens (including phenoxy) is 1. The molecule has 0 aliphatic carbocycles. The van der Waals surface area contributed by atoms with Gasteiger partial charge in [-0.25, -0.2) is 4.39 Å². The molecule has 0 amide bonds. The summed E-state index contributed by atoms with van der Waals surface area (Å²) in [5.41, 5.74) is -0.505. The third kappa shape index (κ3) is 2.07. The summed E-state index contributed by atoms with van der Waals surface area (Å²) in [7, 11) is 1.44. The Labute approximate surface area is 90.8 Å². The molecule has 0 heterocycles. The van der Waals surface area contributed by atoms with Crippen LogP contribution in [0.3, 0.4) is 0 Å². The quantitative estimate of drug-likeness (QED) is 0.889. The lowest BCUT2D eigenvalue weighted by molar-refractivity contribution is 0.0754. The molecule has 1 N–H and O–H groups in total. The normalized spacial score (nSPS) is 11.6. The fourth-order valence-electron chi connectivity index (χ4n) is 1.21. The maximum atomic E-state index is 13.1. The monoisotopic (exact) mass is 262 g/mol. The van der Waals surface area contributed by atoms with E-state index in [4.69, 9.17) is 4.74 Å². The molecule has 0 spiro atoms. The topological polar surface area (TPSA) is 29.5 Å². The largest absolute Gasteiger partial charge is 0.495 e. The Hall–Kier alpha value is -0.610. The Morgan fingerprint density at radius 1 is 1.43 bits per heavy atom. The minimum Gasteiger partial charge on any atom is -0.495 e. The van der Waals surface area contributed by atoms with Crippen molar-refractivity contribution in [2.24, 2.45) is 0 Å². The number of halogens is 2. The van der Waals surface area contributed by atoms with Gasteiger partial charge in [-0.3, -0.25) is 0 Å². The maximum Gasteiger partial charge on any atom is 0.142 e. The van der Waals surface area contributed by atoms with Gasteiger partial charge in [0.25, 0.3) is 0 Å². The molecule has 0 aliphatic rings. The Balaban J connectivity index is 3.39. The molecule has 1 aromatic rings. The highest BCUT2D eigenvalue weighted by atomic mass is 79.9. The molecule has 4 heteroatoms. The van der Waals surface area contributed by atoms with Gasteiger partial charge >= 0.3 is 0 Å². The molecule has 0 bridgehead atoms. The van der Waals surface area contributed by atoms with E-state index in [1.165, 1.54) is 19.2 Å². The zero-order valence-corrected chi connectivity index (χ0v) is 9.85. The van der Waals surface area contributed by atoms with Crippen molar-refractivity contribution in [3.63, 3.8) is 0 Å². The second-order valence-electron chi connectivity index (χ2n) is 3.50. The Morgan fingerprint density at radius 3 is 2.43 bits per heavy atom. The van der Waals surface area contributed by atoms with Crippen LogP contribution in [0.15, 0.2) is 16.6 Å². The highest BCUT2D eigenvalue weighted by Crippen LogP contribution is 2.37. The summed E-state index contributed by atoms with van der Waals surface area (Å²) >= 11 is 3.07. The zero-order chi connectivity index (χ0) is 10.9. The summed E-state index contributed by atoms with van der Waals surface area (Å²) in [5, 5.41) is 9.79. The van der Waals surface area contributed by atoms with E-state index >= 15 is 0 Å². The van der Waals surface area contributed by atoms with E-state index in [1.54, 1.807) is 13.8 Å². The molecule has 0 atom stereocenters. The maximum absolute atomic E-state index is 13.1. The van der Waals surface area contributed by atoms with Gasteiger partial charge in [0.1, 0.15) is 11.6 Å². The molecule has 0 fully saturated rings. The smallest absolute Gasteiger partial charge is 0.142 e. The van der Waals surface area contributed by atoms with Gasteiger partial charge in [0.2, 0.25) is 0 Å². The summed E-state index contributed by atoms with van der Waals surface area (Å²) in [5.74, 6) is -0.0765. The number of hydrogen-bond acceptors (Lipinski definition) is 2. The first-order chi connectivity index (χ1) is 6.38. The Morgan fingerprint density at radius 2 is 2.00 bits per heavy atom. The fraction of sp³-hybridized carbons (Fsp3) is 0.400. The first kappa shape index (κ1) is 11.5. The van der Waals surface area contributed by atoms with Crippen molar-refractivity contribution in [1.29, 1.82) is 0 Å². The Bertz CT molecular complexity index is 345. The molecule has 2 nitrogen and oxygen atoms in total. The van der Waals surface area contributed by atoms with Crippen molar-refractivity contribution in [3.05, 3.63) is 28.0 Å². The van der Waals surface area contributed by atoms with Crippen molar-refractivity contribution in [3.8, 4) is 5.75 Å². The van der Waals surface area contributed by atoms with Crippen LogP contribution in [-0.4, -0.2) is 12.2 Å². The van der Waals surface area contributed by atoms with Gasteiger partial charge in [0.05, 0.1) is 17.2 Å². The van der Waals surface area contributed by atoms with E-state index in [0.29, 0.717) is 11.3 Å². The van der Waals surface area contributed by atoms with E-state index < -0.39 is 11.4 Å². The molecule has 0 unspecified atom stereocenters. The molecule has 0 saturated heterocycles. The van der Waals surface area contributed by atoms with Crippen molar-refractivity contribution >= 4 is 15.9 Å². The minimum absolute atomic E-state index is 0.236. The average molecular weight is 263 g/mol. The van der Waals surface area contributed by atoms with Crippen molar-refractivity contribution in [1.82, 2.24) is 0 Å². The molecule has 0 saturated carbocycles. The van der Waals surface area contributed by atoms with Gasteiger partial charge in [0.15, 0.2) is 0 Å². The highest BCUT2D eigenvalue weighted by Gasteiger charge is 2.23. The summed E-state index contributed by atoms with van der Waals surface area (Å²) in [4.78, 5) is 0. The molecule has 0 aliphatic heterocycles. The van der Waals surface area contributed by atoms with E-state index in [-0.39, 0.29) is 4.47 Å². The third-order valence-electron chi connectivity index (χ3n) is 1.91. The average Bonchev–Trinajstić information content (AvgIpc) is 2.07. The molecule has 14 heavy (non-hydrogen) atoms. The van der Waals surface area contributed by atoms with Gasteiger partial charge in [-0.2, -0.15) is 0 Å². The fourth-order valence-corrected chi connectivity index (χ4v) is 1.72. The predicted molar refractivity (Wildman–Crippen MR) is 55.9 cm³/mol. The van der Waals surface area contributed by atoms with Crippen LogP contribution in [0.4, 0.5) is 4.39 Å². The van der Waals surface area contributed by atoms with Crippen LogP contribution >= 0.6 is 15.9 Å². The summed E-state index contributed by atoms with van der Waals surface area (Å²) in [6.07, 6.45) is 0. The zero-order valence-electron chi connectivity index (χ0n) is 8.27. The van der Waals surface area contributed by atoms with Crippen LogP contribution in [-0.2, 0) is 5.60 Å². The molecular formula is C10H12BrFO2. The summed E-state index contributed by atoms with van der Waals surface area (Å²) in [6.45, 7) is 3.24. The van der Waals surface area contributed by atoms with Crippen LogP contribution in [0.5, 0.6) is 5.75 Å². The second kappa shape index (κ2) is 3.87. The third-order valence-corrected chi connectivity index (χ3v) is 2.65. The van der Waals surface area contributed by atoms with Gasteiger partial charge in [0, 0.05) is 5.56 Å². The SMILES string of the molecule is COc1c(C(C)(C)O)ccc(F)c1Br. The van der Waals surface area contributed by atoms with Gasteiger partial charge in [-0.1, -0.05) is 0 Å². The number of rotatable bonds is 2. The van der Waals surface area contributed by atoms with Gasteiger partial charge in [-0.15, -0.1) is 0 Å². The highest BCUT2D eigenvalue weighted by molar-refractivity contribution is 9.10. The molecule has 1 rings (SSSR count). The molecule has 1 aromatic carbocycles. The molecule has 0 aromatic heterocycles. The Kier molecular flexibility index (Phi) is 3.17. The van der Waals surface area contributed by atoms with Crippen molar-refractivity contribution < 1.29 is 14.2 Å². The molecule has 0 radical (unpaired) electrons. The van der Waals surface area contributed by atoms with Gasteiger partial charge in [-0.05, 0) is 41.9 Å². The first-order valence-corrected chi connectivity index (χ1v) is 4.92. The second-order valence-corrected chi connectivity index (χ2v) is 4.29. The summed E-state index contributed by atoms with van der Waals surface area (Å²) < 4.78 is 18.4. The number of benzene rings is 1. The number of methoxy groups -OCH3 is 1. The van der Waals surface area contributed by atoms with E-state index in [2.05, 4.69) is 15.9 Å². The first-order valence-electron chi connectivity index (χ1n) is 4.12. The van der Waals surface area contributed by atoms with E-state index in [1.807, 2.05) is 0 Å². The number of aliphatic hydroxyl groups is 1. The van der Waals surface area contributed by atoms with E-state index in [0.717, 1.165) is 0 Å². The molecule has 78 valence electrons. The van der Waals surface area contributed by atoms with Crippen LogP contribution in [0.1, 0.15) is 19.4 Å². The molecular weight excluding hydrogens is 251 g/mol. The van der Waals surface area contributed by atoms with Crippen molar-refractivity contribution in [2.75, 3.05) is 7.11 Å². The van der Waals surface area contributed by atoms with Crippen LogP contribution < -0.4 is 4.74 Å². The predicted octanol–water partition coefficient (Wildman–Crippen LogP) is 2.82. The minimum atomic E-state index is -1.05. The van der Waals surface area contributed by atoms with E-state index in [9.17, 15) is 9.50 Å². The van der Waals surface area contributed by atoms with Gasteiger partial charge < -0.3 is 9.84 Å². The van der Waals surface area contributed by atoms with Crippen molar-refractivity contribution in [2.45, 2.75) is 19.4 Å². The number of hydrogen-bond donors (Lipinski definition) is 1. The summed E-state index contributed by atoms with van der Waals surface area (Å²) in [6, 6.07) is 2.80.